The number of nitro groups is 1. The second-order valence-corrected chi connectivity index (χ2v) is 4.12. The Kier molecular flexibility index (Phi) is 2.43. The van der Waals surface area contributed by atoms with Crippen molar-refractivity contribution in [3.05, 3.63) is 22.3 Å². The summed E-state index contributed by atoms with van der Waals surface area (Å²) in [4.78, 5) is 21.3. The normalized spacial score (nSPS) is 41.7. The molecule has 1 aliphatic heterocycles. The molecule has 0 spiro atoms. The standard InChI is InChI=1S/C9H11NO6/c11-5-1-2-9(10(14)15)3-6(5)16-7(4-9)8(12)13/h1-2,5-7,11H,3-4H2,(H,12,13)/t5-,6-,7+,9?/m1/s1. The van der Waals surface area contributed by atoms with Gasteiger partial charge in [-0.25, -0.2) is 4.79 Å². The SMILES string of the molecule is O=C(O)[C@@H]1CC2([N+](=O)[O-])C=C[C@@H](O)[C@@H](C2)O1. The van der Waals surface area contributed by atoms with Gasteiger partial charge in [-0.05, 0) is 6.08 Å². The van der Waals surface area contributed by atoms with Gasteiger partial charge in [-0.1, -0.05) is 6.08 Å². The first kappa shape index (κ1) is 11.0. The zero-order valence-corrected chi connectivity index (χ0v) is 8.28. The number of hydrogen-bond donors (Lipinski definition) is 2. The molecule has 1 aliphatic carbocycles. The van der Waals surface area contributed by atoms with Gasteiger partial charge >= 0.3 is 5.97 Å². The van der Waals surface area contributed by atoms with Crippen LogP contribution in [-0.4, -0.2) is 45.0 Å². The Morgan fingerprint density at radius 1 is 1.56 bits per heavy atom. The lowest BCUT2D eigenvalue weighted by molar-refractivity contribution is -0.567. The first-order valence-electron chi connectivity index (χ1n) is 4.85. The fraction of sp³-hybridized carbons (Fsp3) is 0.667. The van der Waals surface area contributed by atoms with E-state index < -0.39 is 34.7 Å². The maximum absolute atomic E-state index is 11.0. The zero-order chi connectivity index (χ0) is 11.9. The van der Waals surface area contributed by atoms with E-state index in [9.17, 15) is 20.0 Å². The Labute approximate surface area is 90.5 Å². The molecule has 7 nitrogen and oxygen atoms in total. The number of aliphatic carboxylic acids is 1. The van der Waals surface area contributed by atoms with Gasteiger partial charge in [0.25, 0.3) is 0 Å². The van der Waals surface area contributed by atoms with Crippen LogP contribution in [0, 0.1) is 10.1 Å². The highest BCUT2D eigenvalue weighted by Crippen LogP contribution is 2.37. The summed E-state index contributed by atoms with van der Waals surface area (Å²) in [6, 6.07) is 0. The van der Waals surface area contributed by atoms with Crippen LogP contribution in [0.25, 0.3) is 0 Å². The van der Waals surface area contributed by atoms with Crippen molar-refractivity contribution in [2.45, 2.75) is 36.7 Å². The number of carboxylic acid groups (broad SMARTS) is 1. The molecule has 0 radical (unpaired) electrons. The van der Waals surface area contributed by atoms with E-state index in [0.717, 1.165) is 0 Å². The lowest BCUT2D eigenvalue weighted by Crippen LogP contribution is -2.56. The van der Waals surface area contributed by atoms with Gasteiger partial charge in [-0.2, -0.15) is 0 Å². The van der Waals surface area contributed by atoms with Crippen LogP contribution in [0.4, 0.5) is 0 Å². The minimum atomic E-state index is -1.41. The minimum Gasteiger partial charge on any atom is -0.479 e. The molecule has 4 atom stereocenters. The Bertz CT molecular complexity index is 367. The summed E-state index contributed by atoms with van der Waals surface area (Å²) in [5, 5.41) is 29.3. The molecule has 16 heavy (non-hydrogen) atoms. The highest BCUT2D eigenvalue weighted by atomic mass is 16.6. The monoisotopic (exact) mass is 229 g/mol. The summed E-state index contributed by atoms with van der Waals surface area (Å²) >= 11 is 0. The van der Waals surface area contributed by atoms with Crippen molar-refractivity contribution in [3.8, 4) is 0 Å². The van der Waals surface area contributed by atoms with Gasteiger partial charge in [0.1, 0.15) is 0 Å². The topological polar surface area (TPSA) is 110 Å². The molecular weight excluding hydrogens is 218 g/mol. The molecular formula is C9H11NO6. The van der Waals surface area contributed by atoms with Gasteiger partial charge in [0.05, 0.1) is 25.0 Å². The molecule has 0 saturated carbocycles. The van der Waals surface area contributed by atoms with Crippen LogP contribution in [0.3, 0.4) is 0 Å². The van der Waals surface area contributed by atoms with Crippen LogP contribution in [0.2, 0.25) is 0 Å². The van der Waals surface area contributed by atoms with Crippen LogP contribution < -0.4 is 0 Å². The van der Waals surface area contributed by atoms with Crippen LogP contribution in [-0.2, 0) is 9.53 Å². The molecule has 0 aromatic rings. The number of nitrogens with zero attached hydrogens (tertiary/aromatic N) is 1. The maximum Gasteiger partial charge on any atom is 0.333 e. The number of rotatable bonds is 2. The van der Waals surface area contributed by atoms with E-state index >= 15 is 0 Å². The lowest BCUT2D eigenvalue weighted by atomic mass is 9.78. The van der Waals surface area contributed by atoms with Gasteiger partial charge in [0, 0.05) is 4.92 Å². The smallest absolute Gasteiger partial charge is 0.333 e. The third kappa shape index (κ3) is 1.57. The number of ether oxygens (including phenoxy) is 1. The molecule has 1 fully saturated rings. The van der Waals surface area contributed by atoms with Gasteiger partial charge in [0.15, 0.2) is 6.10 Å². The molecule has 88 valence electrons. The van der Waals surface area contributed by atoms with Crippen molar-refractivity contribution in [2.75, 3.05) is 0 Å². The molecule has 0 aromatic carbocycles. The number of aliphatic hydroxyl groups excluding tert-OH is 1. The largest absolute Gasteiger partial charge is 0.479 e. The maximum atomic E-state index is 11.0. The van der Waals surface area contributed by atoms with Gasteiger partial charge in [-0.3, -0.25) is 10.1 Å². The quantitative estimate of drug-likeness (QED) is 0.377. The number of carbonyl (C=O) groups is 1. The summed E-state index contributed by atoms with van der Waals surface area (Å²) in [6.07, 6.45) is -0.623. The third-order valence-electron chi connectivity index (χ3n) is 3.06. The molecule has 1 saturated heterocycles. The van der Waals surface area contributed by atoms with E-state index in [1.54, 1.807) is 0 Å². The molecule has 0 aromatic heterocycles. The van der Waals surface area contributed by atoms with Crippen molar-refractivity contribution < 1.29 is 24.7 Å². The van der Waals surface area contributed by atoms with Crippen molar-refractivity contribution in [2.24, 2.45) is 0 Å². The number of fused-ring (bicyclic) bond motifs is 2. The number of carboxylic acids is 1. The van der Waals surface area contributed by atoms with Crippen LogP contribution >= 0.6 is 0 Å². The summed E-state index contributed by atoms with van der Waals surface area (Å²) in [6.45, 7) is 0. The van der Waals surface area contributed by atoms with E-state index in [2.05, 4.69) is 0 Å². The second kappa shape index (κ2) is 3.53. The molecule has 2 rings (SSSR count). The van der Waals surface area contributed by atoms with Crippen molar-refractivity contribution in [1.82, 2.24) is 0 Å². The predicted molar refractivity (Wildman–Crippen MR) is 50.4 cm³/mol. The number of aliphatic hydroxyl groups is 1. The van der Waals surface area contributed by atoms with E-state index in [-0.39, 0.29) is 12.8 Å². The van der Waals surface area contributed by atoms with Crippen LogP contribution in [0.15, 0.2) is 12.2 Å². The molecule has 1 unspecified atom stereocenters. The molecule has 2 aliphatic rings. The fourth-order valence-electron chi connectivity index (χ4n) is 2.15. The lowest BCUT2D eigenvalue weighted by Gasteiger charge is -2.39. The molecule has 0 amide bonds. The Morgan fingerprint density at radius 3 is 2.81 bits per heavy atom. The molecule has 1 heterocycles. The van der Waals surface area contributed by atoms with Gasteiger partial charge in [0.2, 0.25) is 5.54 Å². The van der Waals surface area contributed by atoms with Gasteiger partial charge < -0.3 is 14.9 Å². The summed E-state index contributed by atoms with van der Waals surface area (Å²) in [5.74, 6) is -1.24. The summed E-state index contributed by atoms with van der Waals surface area (Å²) < 4.78 is 5.10. The molecule has 2 bridgehead atoms. The van der Waals surface area contributed by atoms with Crippen LogP contribution in [0.1, 0.15) is 12.8 Å². The first-order valence-corrected chi connectivity index (χ1v) is 4.85. The average molecular weight is 229 g/mol. The Morgan fingerprint density at radius 2 is 2.25 bits per heavy atom. The fourth-order valence-corrected chi connectivity index (χ4v) is 2.15. The first-order chi connectivity index (χ1) is 7.44. The average Bonchev–Trinajstić information content (AvgIpc) is 2.23. The highest BCUT2D eigenvalue weighted by molar-refractivity contribution is 5.72. The minimum absolute atomic E-state index is 0.0153. The Balaban J connectivity index is 2.34. The van der Waals surface area contributed by atoms with E-state index in [4.69, 9.17) is 9.84 Å². The Hall–Kier alpha value is -1.47. The third-order valence-corrected chi connectivity index (χ3v) is 3.06. The summed E-state index contributed by atoms with van der Waals surface area (Å²) in [5.41, 5.74) is -1.41. The van der Waals surface area contributed by atoms with E-state index in [1.807, 2.05) is 0 Å². The van der Waals surface area contributed by atoms with Crippen molar-refractivity contribution >= 4 is 5.97 Å². The zero-order valence-electron chi connectivity index (χ0n) is 8.28. The van der Waals surface area contributed by atoms with E-state index in [1.165, 1.54) is 12.2 Å². The number of hydrogen-bond acceptors (Lipinski definition) is 5. The van der Waals surface area contributed by atoms with E-state index in [0.29, 0.717) is 0 Å². The summed E-state index contributed by atoms with van der Waals surface area (Å²) in [7, 11) is 0. The highest BCUT2D eigenvalue weighted by Gasteiger charge is 2.54. The molecule has 7 heteroatoms. The van der Waals surface area contributed by atoms with Crippen molar-refractivity contribution in [3.63, 3.8) is 0 Å². The van der Waals surface area contributed by atoms with Gasteiger partial charge in [-0.15, -0.1) is 0 Å². The molecule has 2 N–H and O–H groups in total. The van der Waals surface area contributed by atoms with Crippen molar-refractivity contribution in [1.29, 1.82) is 0 Å². The second-order valence-electron chi connectivity index (χ2n) is 4.12. The predicted octanol–water partition coefficient (Wildman–Crippen LogP) is -0.435. The van der Waals surface area contributed by atoms with Crippen LogP contribution in [0.5, 0.6) is 0 Å².